The highest BCUT2D eigenvalue weighted by molar-refractivity contribution is 7.91. The summed E-state index contributed by atoms with van der Waals surface area (Å²) < 4.78 is 92.5. The molecule has 262 valence electrons. The minimum Gasteiger partial charge on any atom is -0.478 e. The van der Waals surface area contributed by atoms with E-state index in [4.69, 9.17) is 4.55 Å². The Labute approximate surface area is 282 Å². The van der Waals surface area contributed by atoms with E-state index in [1.165, 1.54) is 24.3 Å². The summed E-state index contributed by atoms with van der Waals surface area (Å²) >= 11 is 0. The van der Waals surface area contributed by atoms with Crippen LogP contribution in [0.1, 0.15) is 15.9 Å². The molecule has 0 saturated heterocycles. The number of sulfone groups is 1. The zero-order valence-corrected chi connectivity index (χ0v) is 27.7. The van der Waals surface area contributed by atoms with E-state index in [0.717, 1.165) is 17.7 Å². The molecular weight excluding hydrogens is 725 g/mol. The summed E-state index contributed by atoms with van der Waals surface area (Å²) in [6, 6.07) is 15.4. The van der Waals surface area contributed by atoms with Crippen molar-refractivity contribution < 1.29 is 48.4 Å². The standard InChI is InChI=1S/C28H24N6O13S3/c1-16-2-4-17(5-3-16)30-33-25-21(28(37)38)15-23(35)26(27(25)36)34-31-19-8-6-18(7-9-19)29-32-22-11-10-20(14-24(22)49(41,42)43)48(39,40)13-12-47-50(44,45)46/h2-11,14-15,30-31H,12-13H2,1H3,(H,37,38)(H,41,42,43)(H,44,45,46). The van der Waals surface area contributed by atoms with Crippen molar-refractivity contribution in [3.05, 3.63) is 115 Å². The highest BCUT2D eigenvalue weighted by Crippen LogP contribution is 2.30. The van der Waals surface area contributed by atoms with Gasteiger partial charge in [0.2, 0.25) is 10.9 Å². The van der Waals surface area contributed by atoms with Gasteiger partial charge in [-0.1, -0.05) is 17.7 Å². The summed E-state index contributed by atoms with van der Waals surface area (Å²) in [4.78, 5) is 35.8. The SMILES string of the molecule is Cc1ccc(NN=c2c(C(=O)O)cc(=O)c(=NNc3ccc(N=Nc4ccc(S(=O)(=O)CCOS(=O)(=O)O)cc4S(=O)(=O)O)cc3)c2=O)cc1. The first-order valence-corrected chi connectivity index (χ1v) is 18.1. The van der Waals surface area contributed by atoms with Crippen molar-refractivity contribution in [1.82, 2.24) is 0 Å². The zero-order valence-electron chi connectivity index (χ0n) is 25.3. The number of carboxylic acids is 1. The van der Waals surface area contributed by atoms with Gasteiger partial charge in [-0.15, -0.1) is 5.11 Å². The number of azo groups is 1. The minimum absolute atomic E-state index is 0.110. The fourth-order valence-corrected chi connectivity index (χ4v) is 6.16. The second-order valence-electron chi connectivity index (χ2n) is 9.99. The fraction of sp³-hybridized carbons (Fsp3) is 0.107. The van der Waals surface area contributed by atoms with E-state index < -0.39 is 91.3 Å². The molecule has 0 aromatic heterocycles. The van der Waals surface area contributed by atoms with Gasteiger partial charge in [0.25, 0.3) is 10.1 Å². The number of nitrogens with zero attached hydrogens (tertiary/aromatic N) is 4. The molecule has 4 aromatic carbocycles. The number of carboxylic acid groups (broad SMARTS) is 1. The maximum atomic E-state index is 13.1. The van der Waals surface area contributed by atoms with Gasteiger partial charge in [-0.25, -0.2) is 17.4 Å². The molecule has 0 spiro atoms. The van der Waals surface area contributed by atoms with Crippen LogP contribution in [0.2, 0.25) is 0 Å². The number of rotatable bonds is 13. The molecule has 0 aliphatic heterocycles. The van der Waals surface area contributed by atoms with Crippen LogP contribution in [0, 0.1) is 6.92 Å². The lowest BCUT2D eigenvalue weighted by molar-refractivity contribution is 0.0694. The maximum absolute atomic E-state index is 13.1. The van der Waals surface area contributed by atoms with Crippen LogP contribution >= 0.6 is 0 Å². The first-order chi connectivity index (χ1) is 23.3. The van der Waals surface area contributed by atoms with Gasteiger partial charge in [0.05, 0.1) is 39.9 Å². The number of hydrogen-bond donors (Lipinski definition) is 5. The van der Waals surface area contributed by atoms with E-state index in [1.54, 1.807) is 24.3 Å². The highest BCUT2D eigenvalue weighted by Gasteiger charge is 2.23. The van der Waals surface area contributed by atoms with Crippen LogP contribution in [0.3, 0.4) is 0 Å². The lowest BCUT2D eigenvalue weighted by atomic mass is 10.2. The van der Waals surface area contributed by atoms with Gasteiger partial charge < -0.3 is 5.11 Å². The molecule has 0 bridgehead atoms. The van der Waals surface area contributed by atoms with Crippen molar-refractivity contribution >= 4 is 59.1 Å². The first kappa shape index (κ1) is 37.3. The summed E-state index contributed by atoms with van der Waals surface area (Å²) in [5.74, 6) is -2.52. The van der Waals surface area contributed by atoms with Crippen LogP contribution in [0.5, 0.6) is 0 Å². The topological polar surface area (TPSA) is 297 Å². The monoisotopic (exact) mass is 748 g/mol. The Balaban J connectivity index is 1.57. The van der Waals surface area contributed by atoms with Gasteiger partial charge in [-0.2, -0.15) is 32.2 Å². The Morgan fingerprint density at radius 2 is 1.36 bits per heavy atom. The molecule has 0 aliphatic carbocycles. The van der Waals surface area contributed by atoms with Gasteiger partial charge in [0.1, 0.15) is 15.9 Å². The molecule has 22 heteroatoms. The number of aromatic carboxylic acids is 1. The molecule has 0 fully saturated rings. The quantitative estimate of drug-likeness (QED) is 0.0733. The minimum atomic E-state index is -5.04. The number of aryl methyl sites for hydroxylation is 1. The van der Waals surface area contributed by atoms with Crippen molar-refractivity contribution in [2.45, 2.75) is 16.7 Å². The number of nitrogens with one attached hydrogen (secondary N) is 2. The molecule has 4 aromatic rings. The lowest BCUT2D eigenvalue weighted by Crippen LogP contribution is -2.50. The van der Waals surface area contributed by atoms with E-state index >= 15 is 0 Å². The highest BCUT2D eigenvalue weighted by atomic mass is 32.3. The predicted molar refractivity (Wildman–Crippen MR) is 174 cm³/mol. The lowest BCUT2D eigenvalue weighted by Gasteiger charge is -2.07. The summed E-state index contributed by atoms with van der Waals surface area (Å²) in [5.41, 5.74) is 3.65. The molecule has 19 nitrogen and oxygen atoms in total. The van der Waals surface area contributed by atoms with Gasteiger partial charge in [0, 0.05) is 6.07 Å². The second kappa shape index (κ2) is 14.9. The van der Waals surface area contributed by atoms with Crippen LogP contribution in [-0.2, 0) is 34.5 Å². The predicted octanol–water partition coefficient (Wildman–Crippen LogP) is 1.40. The molecule has 0 saturated carbocycles. The average Bonchev–Trinajstić information content (AvgIpc) is 3.03. The van der Waals surface area contributed by atoms with Gasteiger partial charge in [-0.05, 0) is 61.5 Å². The molecule has 0 unspecified atom stereocenters. The van der Waals surface area contributed by atoms with Crippen molar-refractivity contribution in [2.75, 3.05) is 23.2 Å². The molecule has 5 N–H and O–H groups in total. The largest absolute Gasteiger partial charge is 0.478 e. The summed E-state index contributed by atoms with van der Waals surface area (Å²) in [6.07, 6.45) is 0. The van der Waals surface area contributed by atoms with E-state index in [2.05, 4.69) is 35.5 Å². The molecule has 0 amide bonds. The van der Waals surface area contributed by atoms with Gasteiger partial charge >= 0.3 is 16.4 Å². The number of anilines is 2. The zero-order chi connectivity index (χ0) is 36.9. The molecular formula is C28H24N6O13S3. The summed E-state index contributed by atoms with van der Waals surface area (Å²) in [6.45, 7) is 0.881. The Morgan fingerprint density at radius 1 is 0.780 bits per heavy atom. The normalized spacial score (nSPS) is 13.1. The van der Waals surface area contributed by atoms with Crippen molar-refractivity contribution in [3.63, 3.8) is 0 Å². The molecule has 0 heterocycles. The van der Waals surface area contributed by atoms with E-state index in [-0.39, 0.29) is 11.4 Å². The number of carbonyl (C=O) groups is 1. The van der Waals surface area contributed by atoms with Gasteiger partial charge in [-0.3, -0.25) is 29.5 Å². The Kier molecular flexibility index (Phi) is 11.1. The Bertz CT molecular complexity index is 2550. The Morgan fingerprint density at radius 3 is 1.92 bits per heavy atom. The molecule has 0 radical (unpaired) electrons. The third-order valence-corrected chi connectivity index (χ3v) is 9.39. The van der Waals surface area contributed by atoms with Crippen molar-refractivity contribution in [2.24, 2.45) is 20.4 Å². The second-order valence-corrected chi connectivity index (χ2v) is 14.6. The van der Waals surface area contributed by atoms with Crippen LogP contribution in [-0.4, -0.2) is 57.8 Å². The van der Waals surface area contributed by atoms with Crippen LogP contribution in [0.25, 0.3) is 0 Å². The number of benzene rings is 4. The summed E-state index contributed by atoms with van der Waals surface area (Å²) in [5, 5.41) is 23.6. The third kappa shape index (κ3) is 9.77. The van der Waals surface area contributed by atoms with Crippen LogP contribution < -0.4 is 32.4 Å². The van der Waals surface area contributed by atoms with E-state index in [0.29, 0.717) is 17.8 Å². The molecule has 4 rings (SSSR count). The fourth-order valence-electron chi connectivity index (χ4n) is 3.92. The average molecular weight is 749 g/mol. The number of hydrogen-bond acceptors (Lipinski definition) is 16. The van der Waals surface area contributed by atoms with Gasteiger partial charge in [0.15, 0.2) is 15.2 Å². The Hall–Kier alpha value is -5.52. The van der Waals surface area contributed by atoms with E-state index in [1.807, 2.05) is 6.92 Å². The molecule has 50 heavy (non-hydrogen) atoms. The first-order valence-electron chi connectivity index (χ1n) is 13.6. The summed E-state index contributed by atoms with van der Waals surface area (Å²) in [7, 11) is -14.3. The third-order valence-electron chi connectivity index (χ3n) is 6.36. The van der Waals surface area contributed by atoms with Crippen molar-refractivity contribution in [1.29, 1.82) is 0 Å². The van der Waals surface area contributed by atoms with E-state index in [9.17, 15) is 49.3 Å². The van der Waals surface area contributed by atoms with Crippen LogP contribution in [0.4, 0.5) is 22.7 Å². The molecule has 0 aliphatic rings. The van der Waals surface area contributed by atoms with Crippen molar-refractivity contribution in [3.8, 4) is 0 Å². The maximum Gasteiger partial charge on any atom is 0.397 e. The van der Waals surface area contributed by atoms with Crippen LogP contribution in [0.15, 0.2) is 113 Å². The smallest absolute Gasteiger partial charge is 0.397 e. The molecule has 0 atom stereocenters.